The lowest BCUT2D eigenvalue weighted by molar-refractivity contribution is -0.126. The van der Waals surface area contributed by atoms with Crippen molar-refractivity contribution in [3.8, 4) is 0 Å². The van der Waals surface area contributed by atoms with Gasteiger partial charge < -0.3 is 10.6 Å². The third-order valence-electron chi connectivity index (χ3n) is 3.21. The molecule has 1 aromatic carbocycles. The average Bonchev–Trinajstić information content (AvgIpc) is 3.06. The Labute approximate surface area is 113 Å². The molecule has 0 unspecified atom stereocenters. The van der Waals surface area contributed by atoms with Gasteiger partial charge >= 0.3 is 0 Å². The van der Waals surface area contributed by atoms with Crippen molar-refractivity contribution >= 4 is 17.5 Å². The number of nitrogens with one attached hydrogen (secondary N) is 2. The summed E-state index contributed by atoms with van der Waals surface area (Å²) in [6, 6.07) is 4.34. The van der Waals surface area contributed by atoms with Crippen molar-refractivity contribution in [1.82, 2.24) is 5.32 Å². The molecular formula is C15H20N2O2. The summed E-state index contributed by atoms with van der Waals surface area (Å²) in [4.78, 5) is 23.4. The second-order valence-electron chi connectivity index (χ2n) is 5.34. The number of rotatable bonds is 4. The zero-order chi connectivity index (χ0) is 14.0. The average molecular weight is 260 g/mol. The molecule has 0 spiro atoms. The molecule has 4 nitrogen and oxygen atoms in total. The van der Waals surface area contributed by atoms with Crippen LogP contribution in [0.3, 0.4) is 0 Å². The fourth-order valence-corrected chi connectivity index (χ4v) is 2.21. The van der Waals surface area contributed by atoms with Crippen molar-refractivity contribution in [2.75, 3.05) is 5.32 Å². The van der Waals surface area contributed by atoms with E-state index in [0.717, 1.165) is 29.7 Å². The normalized spacial score (nSPS) is 14.1. The Morgan fingerprint density at radius 1 is 1.11 bits per heavy atom. The number of hydrogen-bond donors (Lipinski definition) is 2. The van der Waals surface area contributed by atoms with Crippen molar-refractivity contribution in [3.63, 3.8) is 0 Å². The predicted molar refractivity (Wildman–Crippen MR) is 75.1 cm³/mol. The second kappa shape index (κ2) is 5.43. The molecule has 0 atom stereocenters. The Bertz CT molecular complexity index is 496. The van der Waals surface area contributed by atoms with Crippen molar-refractivity contribution in [1.29, 1.82) is 0 Å². The number of anilines is 1. The van der Waals surface area contributed by atoms with Crippen molar-refractivity contribution in [2.45, 2.75) is 46.1 Å². The first-order chi connectivity index (χ1) is 8.95. The molecule has 4 heteroatoms. The van der Waals surface area contributed by atoms with Gasteiger partial charge in [-0.15, -0.1) is 0 Å². The molecule has 0 heterocycles. The van der Waals surface area contributed by atoms with Crippen LogP contribution in [0.25, 0.3) is 0 Å². The minimum absolute atomic E-state index is 0.108. The van der Waals surface area contributed by atoms with Crippen LogP contribution in [0, 0.1) is 20.8 Å². The molecule has 102 valence electrons. The molecule has 19 heavy (non-hydrogen) atoms. The first-order valence-electron chi connectivity index (χ1n) is 6.63. The summed E-state index contributed by atoms with van der Waals surface area (Å²) < 4.78 is 0. The van der Waals surface area contributed by atoms with E-state index in [0.29, 0.717) is 6.04 Å². The van der Waals surface area contributed by atoms with Gasteiger partial charge in [-0.3, -0.25) is 9.59 Å². The molecule has 2 amide bonds. The van der Waals surface area contributed by atoms with Crippen molar-refractivity contribution in [3.05, 3.63) is 28.8 Å². The maximum Gasteiger partial charge on any atom is 0.233 e. The van der Waals surface area contributed by atoms with Gasteiger partial charge in [0, 0.05) is 11.7 Å². The molecule has 1 fully saturated rings. The molecule has 1 aliphatic carbocycles. The summed E-state index contributed by atoms with van der Waals surface area (Å²) in [5.41, 5.74) is 4.02. The van der Waals surface area contributed by atoms with E-state index in [2.05, 4.69) is 10.6 Å². The topological polar surface area (TPSA) is 58.2 Å². The summed E-state index contributed by atoms with van der Waals surface area (Å²) in [5.74, 6) is -0.448. The van der Waals surface area contributed by atoms with Gasteiger partial charge in [-0.2, -0.15) is 0 Å². The molecule has 0 radical (unpaired) electrons. The number of benzene rings is 1. The van der Waals surface area contributed by atoms with Gasteiger partial charge in [0.2, 0.25) is 11.8 Å². The first-order valence-corrected chi connectivity index (χ1v) is 6.63. The van der Waals surface area contributed by atoms with E-state index in [-0.39, 0.29) is 18.2 Å². The maximum atomic E-state index is 11.8. The van der Waals surface area contributed by atoms with Crippen LogP contribution in [-0.2, 0) is 9.59 Å². The first kappa shape index (κ1) is 13.6. The quantitative estimate of drug-likeness (QED) is 0.815. The van der Waals surface area contributed by atoms with Crippen LogP contribution in [0.5, 0.6) is 0 Å². The van der Waals surface area contributed by atoms with E-state index >= 15 is 0 Å². The smallest absolute Gasteiger partial charge is 0.233 e. The second-order valence-corrected chi connectivity index (χ2v) is 5.34. The van der Waals surface area contributed by atoms with Crippen LogP contribution in [0.4, 0.5) is 5.69 Å². The number of amides is 2. The minimum atomic E-state index is -0.256. The van der Waals surface area contributed by atoms with Gasteiger partial charge in [0.1, 0.15) is 6.42 Å². The number of carbonyl (C=O) groups is 2. The van der Waals surface area contributed by atoms with Gasteiger partial charge in [-0.25, -0.2) is 0 Å². The third-order valence-corrected chi connectivity index (χ3v) is 3.21. The largest absolute Gasteiger partial charge is 0.353 e. The highest BCUT2D eigenvalue weighted by atomic mass is 16.2. The highest BCUT2D eigenvalue weighted by Gasteiger charge is 2.24. The molecule has 0 aliphatic heterocycles. The number of hydrogen-bond acceptors (Lipinski definition) is 2. The monoisotopic (exact) mass is 260 g/mol. The minimum Gasteiger partial charge on any atom is -0.353 e. The van der Waals surface area contributed by atoms with Gasteiger partial charge in [0.15, 0.2) is 0 Å². The van der Waals surface area contributed by atoms with Crippen LogP contribution in [0.1, 0.15) is 36.0 Å². The highest BCUT2D eigenvalue weighted by molar-refractivity contribution is 6.04. The van der Waals surface area contributed by atoms with E-state index in [1.807, 2.05) is 32.9 Å². The van der Waals surface area contributed by atoms with Gasteiger partial charge in [-0.1, -0.05) is 17.7 Å². The Morgan fingerprint density at radius 2 is 1.68 bits per heavy atom. The predicted octanol–water partition coefficient (Wildman–Crippen LogP) is 2.22. The number of carbonyl (C=O) groups excluding carboxylic acids is 2. The fourth-order valence-electron chi connectivity index (χ4n) is 2.21. The molecule has 0 bridgehead atoms. The van der Waals surface area contributed by atoms with E-state index < -0.39 is 0 Å². The van der Waals surface area contributed by atoms with Crippen LogP contribution in [0.15, 0.2) is 12.1 Å². The summed E-state index contributed by atoms with van der Waals surface area (Å²) in [5, 5.41) is 5.64. The Hall–Kier alpha value is -1.84. The van der Waals surface area contributed by atoms with Gasteiger partial charge in [0.25, 0.3) is 0 Å². The van der Waals surface area contributed by atoms with Crippen molar-refractivity contribution < 1.29 is 9.59 Å². The Morgan fingerprint density at radius 3 is 2.21 bits per heavy atom. The van der Waals surface area contributed by atoms with Crippen LogP contribution >= 0.6 is 0 Å². The molecular weight excluding hydrogens is 240 g/mol. The lowest BCUT2D eigenvalue weighted by Crippen LogP contribution is -2.29. The van der Waals surface area contributed by atoms with Gasteiger partial charge in [-0.05, 0) is 44.7 Å². The summed E-state index contributed by atoms with van der Waals surface area (Å²) in [6.45, 7) is 5.94. The Kier molecular flexibility index (Phi) is 3.88. The van der Waals surface area contributed by atoms with E-state index in [4.69, 9.17) is 0 Å². The lowest BCUT2D eigenvalue weighted by Gasteiger charge is -2.12. The molecule has 1 aromatic rings. The fraction of sp³-hybridized carbons (Fsp3) is 0.467. The zero-order valence-electron chi connectivity index (χ0n) is 11.7. The standard InChI is InChI=1S/C15H20N2O2/c1-9-6-10(2)15(11(3)7-9)17-14(19)8-13(18)16-12-4-5-12/h6-7,12H,4-5,8H2,1-3H3,(H,16,18)(H,17,19). The third kappa shape index (κ3) is 3.81. The Balaban J connectivity index is 1.96. The SMILES string of the molecule is Cc1cc(C)c(NC(=O)CC(=O)NC2CC2)c(C)c1. The van der Waals surface area contributed by atoms with Crippen molar-refractivity contribution in [2.24, 2.45) is 0 Å². The summed E-state index contributed by atoms with van der Waals surface area (Å²) in [7, 11) is 0. The maximum absolute atomic E-state index is 11.8. The van der Waals surface area contributed by atoms with Crippen LogP contribution in [-0.4, -0.2) is 17.9 Å². The van der Waals surface area contributed by atoms with Gasteiger partial charge in [0.05, 0.1) is 0 Å². The summed E-state index contributed by atoms with van der Waals surface area (Å²) in [6.07, 6.45) is 1.95. The molecule has 1 aliphatic rings. The summed E-state index contributed by atoms with van der Waals surface area (Å²) >= 11 is 0. The van der Waals surface area contributed by atoms with Crippen LogP contribution in [0.2, 0.25) is 0 Å². The molecule has 1 saturated carbocycles. The van der Waals surface area contributed by atoms with E-state index in [1.165, 1.54) is 5.56 Å². The molecule has 0 saturated heterocycles. The molecule has 2 rings (SSSR count). The van der Waals surface area contributed by atoms with E-state index in [9.17, 15) is 9.59 Å². The van der Waals surface area contributed by atoms with Crippen LogP contribution < -0.4 is 10.6 Å². The molecule has 0 aromatic heterocycles. The highest BCUT2D eigenvalue weighted by Crippen LogP contribution is 2.22. The lowest BCUT2D eigenvalue weighted by atomic mass is 10.1. The zero-order valence-corrected chi connectivity index (χ0v) is 11.7. The number of aryl methyl sites for hydroxylation is 3. The molecule has 2 N–H and O–H groups in total. The van der Waals surface area contributed by atoms with E-state index in [1.54, 1.807) is 0 Å².